The summed E-state index contributed by atoms with van der Waals surface area (Å²) in [7, 11) is 0. The van der Waals surface area contributed by atoms with Crippen LogP contribution in [-0.2, 0) is 4.79 Å². The molecule has 1 aromatic carbocycles. The Bertz CT molecular complexity index is 519. The van der Waals surface area contributed by atoms with Crippen molar-refractivity contribution in [1.29, 1.82) is 0 Å². The topological polar surface area (TPSA) is 34.1 Å². The quantitative estimate of drug-likeness (QED) is 0.616. The second-order valence-electron chi connectivity index (χ2n) is 5.18. The molecule has 0 N–H and O–H groups in total. The fourth-order valence-corrected chi connectivity index (χ4v) is 3.49. The van der Waals surface area contributed by atoms with E-state index < -0.39 is 4.75 Å². The first kappa shape index (κ1) is 14.1. The van der Waals surface area contributed by atoms with Gasteiger partial charge in [0, 0.05) is 5.56 Å². The minimum atomic E-state index is -0.573. The van der Waals surface area contributed by atoms with Gasteiger partial charge in [0.15, 0.2) is 0 Å². The first-order valence-corrected chi connectivity index (χ1v) is 7.28. The fraction of sp³-hybridized carbons (Fsp3) is 0.375. The normalized spacial score (nSPS) is 23.3. The molecule has 0 spiro atoms. The molecule has 0 saturated carbocycles. The molecule has 1 atom stereocenters. The lowest BCUT2D eigenvalue weighted by molar-refractivity contribution is -0.110. The third-order valence-corrected chi connectivity index (χ3v) is 5.01. The molecule has 1 aliphatic rings. The molecule has 1 aromatic rings. The van der Waals surface area contributed by atoms with Gasteiger partial charge in [-0.15, -0.1) is 0 Å². The molecule has 2 nitrogen and oxygen atoms in total. The monoisotopic (exact) mass is 274 g/mol. The zero-order valence-electron chi connectivity index (χ0n) is 11.3. The Hall–Kier alpha value is -1.35. The zero-order valence-corrected chi connectivity index (χ0v) is 12.1. The number of allylic oxidation sites excluding steroid dienone is 2. The van der Waals surface area contributed by atoms with E-state index in [0.29, 0.717) is 12.0 Å². The molecule has 0 aromatic heterocycles. The summed E-state index contributed by atoms with van der Waals surface area (Å²) in [6, 6.07) is 9.16. The molecule has 100 valence electrons. The van der Waals surface area contributed by atoms with Gasteiger partial charge in [0.1, 0.15) is 6.29 Å². The van der Waals surface area contributed by atoms with Crippen LogP contribution in [0.15, 0.2) is 41.5 Å². The molecule has 3 heteroatoms. The van der Waals surface area contributed by atoms with Gasteiger partial charge in [-0.3, -0.25) is 4.79 Å². The van der Waals surface area contributed by atoms with E-state index in [1.807, 2.05) is 18.2 Å². The summed E-state index contributed by atoms with van der Waals surface area (Å²) in [4.78, 5) is 23.8. The molecule has 0 aliphatic heterocycles. The van der Waals surface area contributed by atoms with Crippen LogP contribution in [0.25, 0.3) is 0 Å². The number of hydrogen-bond acceptors (Lipinski definition) is 3. The number of carbonyl (C=O) groups is 2. The third-order valence-electron chi connectivity index (χ3n) is 3.74. The molecule has 0 amide bonds. The van der Waals surface area contributed by atoms with E-state index in [9.17, 15) is 9.59 Å². The fourth-order valence-electron chi connectivity index (χ4n) is 2.33. The minimum absolute atomic E-state index is 0.0138. The van der Waals surface area contributed by atoms with Crippen LogP contribution in [0.5, 0.6) is 0 Å². The number of benzene rings is 1. The summed E-state index contributed by atoms with van der Waals surface area (Å²) >= 11 is 1.19. The maximum Gasteiger partial charge on any atom is 0.220 e. The molecule has 0 bridgehead atoms. The average molecular weight is 274 g/mol. The number of aldehydes is 1. The van der Waals surface area contributed by atoms with E-state index in [4.69, 9.17) is 0 Å². The van der Waals surface area contributed by atoms with Crippen molar-refractivity contribution in [3.63, 3.8) is 0 Å². The van der Waals surface area contributed by atoms with Gasteiger partial charge in [0.2, 0.25) is 5.12 Å². The Morgan fingerprint density at radius 1 is 1.21 bits per heavy atom. The summed E-state index contributed by atoms with van der Waals surface area (Å²) in [5, 5.41) is -0.0138. The SMILES string of the molecule is CC1=C(C)C[C@@](C=O)(SC(=O)c2ccccc2)CC1. The first-order valence-electron chi connectivity index (χ1n) is 6.46. The van der Waals surface area contributed by atoms with Crippen LogP contribution in [-0.4, -0.2) is 16.1 Å². The molecule has 1 aliphatic carbocycles. The smallest absolute Gasteiger partial charge is 0.220 e. The Kier molecular flexibility index (Phi) is 4.25. The average Bonchev–Trinajstić information content (AvgIpc) is 2.44. The predicted molar refractivity (Wildman–Crippen MR) is 79.4 cm³/mol. The third kappa shape index (κ3) is 3.16. The zero-order chi connectivity index (χ0) is 13.9. The Morgan fingerprint density at radius 2 is 1.89 bits per heavy atom. The van der Waals surface area contributed by atoms with E-state index in [0.717, 1.165) is 19.1 Å². The molecular weight excluding hydrogens is 256 g/mol. The summed E-state index contributed by atoms with van der Waals surface area (Å²) < 4.78 is -0.573. The highest BCUT2D eigenvalue weighted by Crippen LogP contribution is 2.42. The standard InChI is InChI=1S/C16H18O2S/c1-12-8-9-16(11-17,10-13(12)2)19-15(18)14-6-4-3-5-7-14/h3-7,11H,8-10H2,1-2H3/t16-/m0/s1. The lowest BCUT2D eigenvalue weighted by atomic mass is 9.85. The van der Waals surface area contributed by atoms with Crippen LogP contribution in [0.4, 0.5) is 0 Å². The van der Waals surface area contributed by atoms with Crippen molar-refractivity contribution in [3.05, 3.63) is 47.0 Å². The van der Waals surface area contributed by atoms with Crippen LogP contribution >= 0.6 is 11.8 Å². The van der Waals surface area contributed by atoms with Crippen molar-refractivity contribution in [2.75, 3.05) is 0 Å². The second kappa shape index (κ2) is 5.74. The van der Waals surface area contributed by atoms with Crippen molar-refractivity contribution in [2.24, 2.45) is 0 Å². The molecule has 2 rings (SSSR count). The van der Waals surface area contributed by atoms with Crippen molar-refractivity contribution in [3.8, 4) is 0 Å². The lowest BCUT2D eigenvalue weighted by Gasteiger charge is -2.32. The number of hydrogen-bond donors (Lipinski definition) is 0. The largest absolute Gasteiger partial charge is 0.302 e. The molecule has 0 saturated heterocycles. The summed E-state index contributed by atoms with van der Waals surface area (Å²) in [5.41, 5.74) is 3.26. The van der Waals surface area contributed by atoms with Gasteiger partial charge >= 0.3 is 0 Å². The highest BCUT2D eigenvalue weighted by molar-refractivity contribution is 8.15. The molecule has 0 fully saturated rings. The maximum absolute atomic E-state index is 12.3. The van der Waals surface area contributed by atoms with E-state index >= 15 is 0 Å². The van der Waals surface area contributed by atoms with Crippen LogP contribution < -0.4 is 0 Å². The molecule has 0 radical (unpaired) electrons. The summed E-state index contributed by atoms with van der Waals surface area (Å²) in [6.45, 7) is 4.16. The minimum Gasteiger partial charge on any atom is -0.302 e. The molecular formula is C16H18O2S. The number of rotatable bonds is 3. The van der Waals surface area contributed by atoms with Gasteiger partial charge in [-0.1, -0.05) is 53.2 Å². The van der Waals surface area contributed by atoms with Gasteiger partial charge in [-0.2, -0.15) is 0 Å². The molecule has 0 unspecified atom stereocenters. The van der Waals surface area contributed by atoms with Crippen molar-refractivity contribution >= 4 is 23.2 Å². The van der Waals surface area contributed by atoms with Gasteiger partial charge in [-0.25, -0.2) is 0 Å². The van der Waals surface area contributed by atoms with Crippen LogP contribution in [0.1, 0.15) is 43.5 Å². The van der Waals surface area contributed by atoms with Crippen molar-refractivity contribution in [1.82, 2.24) is 0 Å². The van der Waals surface area contributed by atoms with Gasteiger partial charge in [-0.05, 0) is 33.1 Å². The molecule has 19 heavy (non-hydrogen) atoms. The first-order chi connectivity index (χ1) is 9.06. The number of carbonyl (C=O) groups excluding carboxylic acids is 2. The van der Waals surface area contributed by atoms with Crippen LogP contribution in [0.2, 0.25) is 0 Å². The molecule has 0 heterocycles. The highest BCUT2D eigenvalue weighted by atomic mass is 32.2. The van der Waals surface area contributed by atoms with Crippen LogP contribution in [0.3, 0.4) is 0 Å². The lowest BCUT2D eigenvalue weighted by Crippen LogP contribution is -2.32. The van der Waals surface area contributed by atoms with Gasteiger partial charge in [0.25, 0.3) is 0 Å². The predicted octanol–water partition coefficient (Wildman–Crippen LogP) is 4.02. The van der Waals surface area contributed by atoms with E-state index in [-0.39, 0.29) is 5.12 Å². The van der Waals surface area contributed by atoms with Gasteiger partial charge in [0.05, 0.1) is 4.75 Å². The summed E-state index contributed by atoms with van der Waals surface area (Å²) in [6.07, 6.45) is 3.31. The van der Waals surface area contributed by atoms with Crippen LogP contribution in [0, 0.1) is 0 Å². The van der Waals surface area contributed by atoms with Crippen molar-refractivity contribution in [2.45, 2.75) is 37.9 Å². The van der Waals surface area contributed by atoms with Crippen molar-refractivity contribution < 1.29 is 9.59 Å². The number of thioether (sulfide) groups is 1. The van der Waals surface area contributed by atoms with Gasteiger partial charge < -0.3 is 4.79 Å². The Labute approximate surface area is 118 Å². The second-order valence-corrected chi connectivity index (χ2v) is 6.56. The van der Waals surface area contributed by atoms with E-state index in [1.54, 1.807) is 12.1 Å². The Morgan fingerprint density at radius 3 is 2.47 bits per heavy atom. The summed E-state index contributed by atoms with van der Waals surface area (Å²) in [5.74, 6) is 0. The van der Waals surface area contributed by atoms with E-state index in [2.05, 4.69) is 13.8 Å². The maximum atomic E-state index is 12.3. The Balaban J connectivity index is 2.17. The van der Waals surface area contributed by atoms with E-state index in [1.165, 1.54) is 22.9 Å². The highest BCUT2D eigenvalue weighted by Gasteiger charge is 2.36.